The van der Waals surface area contributed by atoms with E-state index in [1.54, 1.807) is 41.3 Å². The van der Waals surface area contributed by atoms with Gasteiger partial charge in [-0.1, -0.05) is 49.4 Å². The normalized spacial score (nSPS) is 20.1. The summed E-state index contributed by atoms with van der Waals surface area (Å²) < 4.78 is 19.0. The van der Waals surface area contributed by atoms with Crippen LogP contribution in [-0.2, 0) is 32.7 Å². The van der Waals surface area contributed by atoms with Crippen molar-refractivity contribution in [3.8, 4) is 6.07 Å². The highest BCUT2D eigenvalue weighted by Crippen LogP contribution is 2.56. The molecule has 8 heteroatoms. The summed E-state index contributed by atoms with van der Waals surface area (Å²) in [6, 6.07) is 22.7. The van der Waals surface area contributed by atoms with Crippen molar-refractivity contribution in [3.63, 3.8) is 0 Å². The van der Waals surface area contributed by atoms with Gasteiger partial charge in [0.1, 0.15) is 29.7 Å². The molecule has 1 atom stereocenters. The van der Waals surface area contributed by atoms with Crippen LogP contribution in [0.3, 0.4) is 0 Å². The Morgan fingerprint density at radius 2 is 1.71 bits per heavy atom. The second-order valence-electron chi connectivity index (χ2n) is 9.41. The van der Waals surface area contributed by atoms with Crippen LogP contribution in [-0.4, -0.2) is 18.5 Å². The maximum atomic E-state index is 14.5. The number of halogens is 1. The van der Waals surface area contributed by atoms with E-state index in [-0.39, 0.29) is 35.9 Å². The molecule has 0 fully saturated rings. The maximum absolute atomic E-state index is 14.5. The van der Waals surface area contributed by atoms with E-state index < -0.39 is 17.3 Å². The molecule has 7 nitrogen and oxygen atoms in total. The lowest BCUT2D eigenvalue weighted by Gasteiger charge is -2.38. The number of cyclic esters (lactones) is 1. The van der Waals surface area contributed by atoms with Crippen molar-refractivity contribution < 1.29 is 18.7 Å². The van der Waals surface area contributed by atoms with Crippen molar-refractivity contribution >= 4 is 23.3 Å². The average molecular weight is 507 g/mol. The number of fused-ring (bicyclic) bond motifs is 3. The number of hydrogen-bond donors (Lipinski definition) is 1. The molecular formula is C30H23FN4O3. The van der Waals surface area contributed by atoms with E-state index in [2.05, 4.69) is 6.07 Å². The van der Waals surface area contributed by atoms with Crippen LogP contribution in [0.15, 0.2) is 95.5 Å². The number of rotatable bonds is 4. The van der Waals surface area contributed by atoms with Crippen LogP contribution in [0.25, 0.3) is 0 Å². The summed E-state index contributed by atoms with van der Waals surface area (Å²) in [7, 11) is 0. The molecule has 38 heavy (non-hydrogen) atoms. The van der Waals surface area contributed by atoms with E-state index >= 15 is 0 Å². The number of aryl methyl sites for hydroxylation is 1. The van der Waals surface area contributed by atoms with Crippen LogP contribution in [0.4, 0.5) is 15.8 Å². The molecule has 1 amide bonds. The Hall–Kier alpha value is -4.90. The number of amides is 1. The minimum absolute atomic E-state index is 0.0336. The smallest absolute Gasteiger partial charge is 0.338 e. The summed E-state index contributed by atoms with van der Waals surface area (Å²) in [5.74, 6) is -1.46. The van der Waals surface area contributed by atoms with Crippen LogP contribution in [0.2, 0.25) is 0 Å². The first kappa shape index (κ1) is 23.5. The van der Waals surface area contributed by atoms with Gasteiger partial charge in [0, 0.05) is 16.9 Å². The largest absolute Gasteiger partial charge is 0.456 e. The Morgan fingerprint density at radius 3 is 2.39 bits per heavy atom. The zero-order chi connectivity index (χ0) is 26.6. The number of nitriles is 1. The number of nitrogens with two attached hydrogens (primary N) is 1. The highest BCUT2D eigenvalue weighted by atomic mass is 19.1. The van der Waals surface area contributed by atoms with Crippen molar-refractivity contribution in [2.45, 2.75) is 25.3 Å². The summed E-state index contributed by atoms with van der Waals surface area (Å²) in [5.41, 5.74) is 8.95. The molecular weight excluding hydrogens is 483 g/mol. The number of nitrogens with zero attached hydrogens (tertiary/aromatic N) is 3. The van der Waals surface area contributed by atoms with Crippen LogP contribution < -0.4 is 15.5 Å². The molecule has 1 unspecified atom stereocenters. The summed E-state index contributed by atoms with van der Waals surface area (Å²) in [6.45, 7) is 2.08. The Balaban J connectivity index is 1.58. The van der Waals surface area contributed by atoms with Crippen LogP contribution in [0, 0.1) is 17.1 Å². The average Bonchev–Trinajstić information content (AvgIpc) is 3.42. The van der Waals surface area contributed by atoms with Gasteiger partial charge in [-0.3, -0.25) is 9.69 Å². The molecule has 6 rings (SSSR count). The van der Waals surface area contributed by atoms with Crippen molar-refractivity contribution in [2.24, 2.45) is 5.73 Å². The minimum atomic E-state index is -1.75. The van der Waals surface area contributed by atoms with E-state index in [1.165, 1.54) is 17.0 Å². The molecule has 0 saturated carbocycles. The van der Waals surface area contributed by atoms with Gasteiger partial charge < -0.3 is 15.4 Å². The van der Waals surface area contributed by atoms with Crippen LogP contribution >= 0.6 is 0 Å². The molecule has 188 valence electrons. The van der Waals surface area contributed by atoms with E-state index in [4.69, 9.17) is 10.5 Å². The van der Waals surface area contributed by atoms with Gasteiger partial charge in [0.2, 0.25) is 5.91 Å². The van der Waals surface area contributed by atoms with Crippen molar-refractivity contribution in [2.75, 3.05) is 16.4 Å². The van der Waals surface area contributed by atoms with Gasteiger partial charge in [0.15, 0.2) is 0 Å². The molecule has 3 aliphatic heterocycles. The third-order valence-electron chi connectivity index (χ3n) is 7.48. The predicted molar refractivity (Wildman–Crippen MR) is 139 cm³/mol. The van der Waals surface area contributed by atoms with Crippen molar-refractivity contribution in [3.05, 3.63) is 118 Å². The molecule has 0 bridgehead atoms. The quantitative estimate of drug-likeness (QED) is 0.533. The minimum Gasteiger partial charge on any atom is -0.456 e. The second-order valence-corrected chi connectivity index (χ2v) is 9.41. The Labute approximate surface area is 218 Å². The zero-order valence-corrected chi connectivity index (χ0v) is 20.6. The zero-order valence-electron chi connectivity index (χ0n) is 20.6. The van der Waals surface area contributed by atoms with Crippen molar-refractivity contribution in [1.29, 1.82) is 5.26 Å². The summed E-state index contributed by atoms with van der Waals surface area (Å²) in [4.78, 5) is 31.0. The number of anilines is 2. The first-order chi connectivity index (χ1) is 18.4. The first-order valence-corrected chi connectivity index (χ1v) is 12.3. The topological polar surface area (TPSA) is 99.7 Å². The van der Waals surface area contributed by atoms with Gasteiger partial charge in [-0.05, 0) is 47.9 Å². The number of ether oxygens (including phenoxy) is 1. The Bertz CT molecular complexity index is 1600. The van der Waals surface area contributed by atoms with E-state index in [0.717, 1.165) is 12.0 Å². The van der Waals surface area contributed by atoms with E-state index in [9.17, 15) is 19.2 Å². The van der Waals surface area contributed by atoms with E-state index in [1.807, 2.05) is 31.2 Å². The van der Waals surface area contributed by atoms with Gasteiger partial charge in [-0.15, -0.1) is 0 Å². The van der Waals surface area contributed by atoms with Crippen molar-refractivity contribution in [1.82, 2.24) is 0 Å². The molecule has 0 radical (unpaired) electrons. The summed E-state index contributed by atoms with van der Waals surface area (Å²) >= 11 is 0. The molecule has 0 saturated heterocycles. The fourth-order valence-electron chi connectivity index (χ4n) is 5.70. The summed E-state index contributed by atoms with van der Waals surface area (Å²) in [5, 5.41) is 10.5. The molecule has 0 aliphatic carbocycles. The third-order valence-corrected chi connectivity index (χ3v) is 7.48. The predicted octanol–water partition coefficient (Wildman–Crippen LogP) is 4.20. The number of carbonyl (C=O) groups excluding carboxylic acids is 2. The summed E-state index contributed by atoms with van der Waals surface area (Å²) in [6.07, 6.45) is 0.850. The van der Waals surface area contributed by atoms with Gasteiger partial charge in [0.05, 0.1) is 23.4 Å². The first-order valence-electron chi connectivity index (χ1n) is 12.3. The molecule has 3 aromatic carbocycles. The lowest BCUT2D eigenvalue weighted by molar-refractivity contribution is -0.137. The van der Waals surface area contributed by atoms with Gasteiger partial charge in [0.25, 0.3) is 0 Å². The second kappa shape index (κ2) is 8.60. The van der Waals surface area contributed by atoms with E-state index in [0.29, 0.717) is 28.2 Å². The number of para-hydroxylation sites is 1. The Kier molecular flexibility index (Phi) is 5.31. The SMILES string of the molecule is CCc1ccc(N2C(N)=C(C#N)C3(C(=O)N(Cc4ccc(F)cc4)c4ccccc43)C3=C2COC3=O)cc1. The fraction of sp³-hybridized carbons (Fsp3) is 0.167. The third kappa shape index (κ3) is 3.12. The lowest BCUT2D eigenvalue weighted by Crippen LogP contribution is -2.50. The number of carbonyl (C=O) groups is 2. The standard InChI is InChI=1S/C30H23FN4O3/c1-2-18-9-13-21(14-10-18)35-25-17-38-28(36)26(25)30(23(15-32)27(35)33)22-5-3-4-6-24(22)34(29(30)37)16-19-7-11-20(31)12-8-19/h3-14H,2,16-17,33H2,1H3. The molecule has 0 aromatic heterocycles. The van der Waals surface area contributed by atoms with Crippen LogP contribution in [0.5, 0.6) is 0 Å². The molecule has 3 aliphatic rings. The lowest BCUT2D eigenvalue weighted by atomic mass is 9.67. The van der Waals surface area contributed by atoms with Crippen LogP contribution in [0.1, 0.15) is 23.6 Å². The monoisotopic (exact) mass is 506 g/mol. The molecule has 3 aromatic rings. The number of esters is 1. The Morgan fingerprint density at radius 1 is 1.03 bits per heavy atom. The van der Waals surface area contributed by atoms with Gasteiger partial charge >= 0.3 is 5.97 Å². The molecule has 3 heterocycles. The number of benzene rings is 3. The number of hydrogen-bond acceptors (Lipinski definition) is 6. The van der Waals surface area contributed by atoms with Gasteiger partial charge in [-0.25, -0.2) is 9.18 Å². The highest BCUT2D eigenvalue weighted by molar-refractivity contribution is 6.19. The molecule has 2 N–H and O–H groups in total. The molecule has 1 spiro atoms. The highest BCUT2D eigenvalue weighted by Gasteiger charge is 2.63. The maximum Gasteiger partial charge on any atom is 0.338 e. The fourth-order valence-corrected chi connectivity index (χ4v) is 5.70. The van der Waals surface area contributed by atoms with Gasteiger partial charge in [-0.2, -0.15) is 5.26 Å².